The average molecular weight is 397 g/mol. The highest BCUT2D eigenvalue weighted by Crippen LogP contribution is 2.29. The zero-order valence-electron chi connectivity index (χ0n) is 16.3. The first-order valence-corrected chi connectivity index (χ1v) is 10.2. The fourth-order valence-corrected chi connectivity index (χ4v) is 4.14. The molecule has 1 aliphatic rings. The number of piperazine rings is 1. The number of benzene rings is 1. The Kier molecular flexibility index (Phi) is 5.15. The summed E-state index contributed by atoms with van der Waals surface area (Å²) in [6, 6.07) is 7.80. The number of likely N-dealkylation sites (N-methyl/N-ethyl adjacent to an activating group) is 1. The third kappa shape index (κ3) is 3.65. The van der Waals surface area contributed by atoms with Crippen LogP contribution in [0.3, 0.4) is 0 Å². The molecule has 0 saturated carbocycles. The van der Waals surface area contributed by atoms with Crippen LogP contribution in [0, 0.1) is 6.92 Å². The number of para-hydroxylation sites is 1. The number of aromatic nitrogens is 3. The van der Waals surface area contributed by atoms with Crippen LogP contribution in [0.25, 0.3) is 11.3 Å². The van der Waals surface area contributed by atoms with Crippen molar-refractivity contribution in [3.05, 3.63) is 52.9 Å². The molecule has 0 unspecified atom stereocenters. The van der Waals surface area contributed by atoms with Gasteiger partial charge in [-0.1, -0.05) is 18.2 Å². The van der Waals surface area contributed by atoms with Crippen LogP contribution in [-0.2, 0) is 7.05 Å². The molecule has 4 rings (SSSR count). The quantitative estimate of drug-likeness (QED) is 0.737. The molecular weight excluding hydrogens is 372 g/mol. The molecule has 0 spiro atoms. The van der Waals surface area contributed by atoms with E-state index in [1.807, 2.05) is 59.3 Å². The molecule has 146 valence electrons. The van der Waals surface area contributed by atoms with E-state index < -0.39 is 0 Å². The van der Waals surface area contributed by atoms with Crippen molar-refractivity contribution >= 4 is 23.1 Å². The molecule has 1 saturated heterocycles. The summed E-state index contributed by atoms with van der Waals surface area (Å²) in [7, 11) is 4.07. The van der Waals surface area contributed by atoms with Gasteiger partial charge in [-0.3, -0.25) is 4.90 Å². The van der Waals surface area contributed by atoms with Crippen molar-refractivity contribution in [1.82, 2.24) is 24.3 Å². The van der Waals surface area contributed by atoms with Crippen molar-refractivity contribution in [2.75, 3.05) is 32.0 Å². The molecule has 8 heteroatoms. The van der Waals surface area contributed by atoms with E-state index in [1.165, 1.54) is 0 Å². The third-order valence-corrected chi connectivity index (χ3v) is 5.93. The van der Waals surface area contributed by atoms with Crippen LogP contribution in [0.1, 0.15) is 16.9 Å². The maximum absolute atomic E-state index is 13.0. The Morgan fingerprint density at radius 1 is 1.25 bits per heavy atom. The van der Waals surface area contributed by atoms with Crippen LogP contribution in [0.15, 0.2) is 42.0 Å². The van der Waals surface area contributed by atoms with Gasteiger partial charge in [-0.25, -0.2) is 14.8 Å². The fourth-order valence-electron chi connectivity index (χ4n) is 3.53. The molecule has 2 aromatic heterocycles. The lowest BCUT2D eigenvalue weighted by Gasteiger charge is -2.39. The molecule has 1 aromatic carbocycles. The zero-order valence-corrected chi connectivity index (χ0v) is 17.1. The van der Waals surface area contributed by atoms with Crippen molar-refractivity contribution < 1.29 is 4.79 Å². The first-order chi connectivity index (χ1) is 13.5. The first kappa shape index (κ1) is 18.6. The minimum Gasteiger partial charge on any atom is -0.337 e. The average Bonchev–Trinajstić information content (AvgIpc) is 3.31. The summed E-state index contributed by atoms with van der Waals surface area (Å²) >= 11 is 1.61. The minimum absolute atomic E-state index is 0.0796. The number of imidazole rings is 1. The van der Waals surface area contributed by atoms with E-state index in [1.54, 1.807) is 17.5 Å². The topological polar surface area (TPSA) is 66.3 Å². The Bertz CT molecular complexity index is 980. The predicted molar refractivity (Wildman–Crippen MR) is 111 cm³/mol. The summed E-state index contributed by atoms with van der Waals surface area (Å²) in [5.74, 6) is 0.971. The first-order valence-electron chi connectivity index (χ1n) is 9.28. The lowest BCUT2D eigenvalue weighted by atomic mass is 10.1. The molecule has 7 nitrogen and oxygen atoms in total. The van der Waals surface area contributed by atoms with Crippen molar-refractivity contribution in [3.63, 3.8) is 0 Å². The lowest BCUT2D eigenvalue weighted by molar-refractivity contribution is 0.110. The number of hydrogen-bond donors (Lipinski definition) is 1. The van der Waals surface area contributed by atoms with Crippen molar-refractivity contribution in [2.24, 2.45) is 7.05 Å². The molecule has 3 aromatic rings. The van der Waals surface area contributed by atoms with Gasteiger partial charge in [0.25, 0.3) is 0 Å². The Balaban J connectivity index is 1.52. The van der Waals surface area contributed by atoms with Gasteiger partial charge >= 0.3 is 6.03 Å². The van der Waals surface area contributed by atoms with Gasteiger partial charge in [0.1, 0.15) is 5.82 Å². The lowest BCUT2D eigenvalue weighted by Crippen LogP contribution is -2.50. The zero-order chi connectivity index (χ0) is 19.7. The highest BCUT2D eigenvalue weighted by Gasteiger charge is 2.31. The summed E-state index contributed by atoms with van der Waals surface area (Å²) in [5, 5.41) is 6.12. The summed E-state index contributed by atoms with van der Waals surface area (Å²) in [4.78, 5) is 26.2. The molecular formula is C20H24N6OS. The summed E-state index contributed by atoms with van der Waals surface area (Å²) in [5.41, 5.74) is 2.61. The summed E-state index contributed by atoms with van der Waals surface area (Å²) in [6.07, 6.45) is 3.74. The van der Waals surface area contributed by atoms with Gasteiger partial charge in [-0.15, -0.1) is 11.3 Å². The number of hydrogen-bond acceptors (Lipinski definition) is 5. The number of nitrogens with zero attached hydrogens (tertiary/aromatic N) is 5. The monoisotopic (exact) mass is 396 g/mol. The van der Waals surface area contributed by atoms with Crippen molar-refractivity contribution in [2.45, 2.75) is 13.0 Å². The highest BCUT2D eigenvalue weighted by molar-refractivity contribution is 7.09. The second-order valence-corrected chi connectivity index (χ2v) is 8.13. The van der Waals surface area contributed by atoms with E-state index >= 15 is 0 Å². The Morgan fingerprint density at radius 2 is 2.07 bits per heavy atom. The Morgan fingerprint density at radius 3 is 2.79 bits per heavy atom. The number of anilines is 1. The number of aryl methyl sites for hydroxylation is 2. The molecule has 3 heterocycles. The van der Waals surface area contributed by atoms with E-state index in [9.17, 15) is 4.79 Å². The second kappa shape index (κ2) is 7.73. The molecule has 1 N–H and O–H groups in total. The van der Waals surface area contributed by atoms with Crippen molar-refractivity contribution in [3.8, 4) is 11.3 Å². The number of carbonyl (C=O) groups excluding carboxylic acids is 1. The SMILES string of the molecule is Cc1nc(-c2ccccc2NC(=O)N2CCN(C)[C@H](c3nccn3C)C2)cs1. The smallest absolute Gasteiger partial charge is 0.321 e. The summed E-state index contributed by atoms with van der Waals surface area (Å²) < 4.78 is 2.02. The van der Waals surface area contributed by atoms with Gasteiger partial charge in [-0.05, 0) is 20.0 Å². The Labute approximate surface area is 168 Å². The van der Waals surface area contributed by atoms with E-state index in [4.69, 9.17) is 0 Å². The van der Waals surface area contributed by atoms with Crippen molar-refractivity contribution in [1.29, 1.82) is 0 Å². The van der Waals surface area contributed by atoms with Gasteiger partial charge in [-0.2, -0.15) is 0 Å². The molecule has 2 amide bonds. The predicted octanol–water partition coefficient (Wildman–Crippen LogP) is 3.37. The van der Waals surface area contributed by atoms with Crippen LogP contribution in [0.4, 0.5) is 10.5 Å². The van der Waals surface area contributed by atoms with E-state index in [0.717, 1.165) is 34.3 Å². The minimum atomic E-state index is -0.0910. The van der Waals surface area contributed by atoms with E-state index in [2.05, 4.69) is 27.2 Å². The van der Waals surface area contributed by atoms with Gasteiger partial charge in [0, 0.05) is 50.0 Å². The number of rotatable bonds is 3. The van der Waals surface area contributed by atoms with Gasteiger partial charge in [0.2, 0.25) is 0 Å². The molecule has 28 heavy (non-hydrogen) atoms. The van der Waals surface area contributed by atoms with Gasteiger partial charge < -0.3 is 14.8 Å². The number of amides is 2. The fraction of sp³-hybridized carbons (Fsp3) is 0.350. The summed E-state index contributed by atoms with van der Waals surface area (Å²) in [6.45, 7) is 4.07. The van der Waals surface area contributed by atoms with Gasteiger partial charge in [0.05, 0.1) is 22.4 Å². The molecule has 1 aliphatic heterocycles. The third-order valence-electron chi connectivity index (χ3n) is 5.16. The maximum Gasteiger partial charge on any atom is 0.321 e. The standard InChI is InChI=1S/C20H24N6OS/c1-14-22-17(13-28-14)15-6-4-5-7-16(15)23-20(27)26-11-10-24(2)18(12-26)19-21-8-9-25(19)3/h4-9,13,18H,10-12H2,1-3H3,(H,23,27)/t18-/m0/s1. The second-order valence-electron chi connectivity index (χ2n) is 7.07. The van der Waals surface area contributed by atoms with Crippen LogP contribution in [-0.4, -0.2) is 57.0 Å². The van der Waals surface area contributed by atoms with Crippen LogP contribution < -0.4 is 5.32 Å². The van der Waals surface area contributed by atoms with Crippen LogP contribution in [0.5, 0.6) is 0 Å². The van der Waals surface area contributed by atoms with Crippen LogP contribution >= 0.6 is 11.3 Å². The number of carbonyl (C=O) groups is 1. The number of thiazole rings is 1. The largest absolute Gasteiger partial charge is 0.337 e. The van der Waals surface area contributed by atoms with E-state index in [-0.39, 0.29) is 12.1 Å². The van der Waals surface area contributed by atoms with E-state index in [0.29, 0.717) is 13.1 Å². The highest BCUT2D eigenvalue weighted by atomic mass is 32.1. The molecule has 0 bridgehead atoms. The normalized spacial score (nSPS) is 17.7. The molecule has 1 atom stereocenters. The van der Waals surface area contributed by atoms with Gasteiger partial charge in [0.15, 0.2) is 0 Å². The molecule has 0 aliphatic carbocycles. The number of urea groups is 1. The van der Waals surface area contributed by atoms with Crippen LogP contribution in [0.2, 0.25) is 0 Å². The Hall–Kier alpha value is -2.71. The number of nitrogens with one attached hydrogen (secondary N) is 1. The molecule has 0 radical (unpaired) electrons. The maximum atomic E-state index is 13.0. The molecule has 1 fully saturated rings.